The highest BCUT2D eigenvalue weighted by atomic mass is 19.3. The van der Waals surface area contributed by atoms with E-state index in [1.165, 1.54) is 6.42 Å². The maximum absolute atomic E-state index is 12.4. The molecule has 0 aromatic carbocycles. The summed E-state index contributed by atoms with van der Waals surface area (Å²) in [6.07, 6.45) is 1.11. The average molecular weight is 234 g/mol. The van der Waals surface area contributed by atoms with Crippen LogP contribution in [0.5, 0.6) is 0 Å². The molecule has 0 aliphatic heterocycles. The highest BCUT2D eigenvalue weighted by molar-refractivity contribution is 4.89. The first-order chi connectivity index (χ1) is 7.54. The normalized spacial score (nSPS) is 31.3. The van der Waals surface area contributed by atoms with Gasteiger partial charge in [0, 0.05) is 12.1 Å². The lowest BCUT2D eigenvalue weighted by molar-refractivity contribution is 0.0510. The van der Waals surface area contributed by atoms with Gasteiger partial charge in [-0.25, -0.2) is 8.78 Å². The molecule has 1 N–H and O–H groups in total. The maximum atomic E-state index is 12.4. The van der Waals surface area contributed by atoms with Crippen LogP contribution in [0.15, 0.2) is 0 Å². The van der Waals surface area contributed by atoms with Gasteiger partial charge in [0.05, 0.1) is 6.54 Å². The van der Waals surface area contributed by atoms with Gasteiger partial charge in [0.2, 0.25) is 0 Å². The number of alkyl halides is 2. The highest BCUT2D eigenvalue weighted by Crippen LogP contribution is 2.27. The minimum absolute atomic E-state index is 0.112. The quantitative estimate of drug-likeness (QED) is 0.785. The van der Waals surface area contributed by atoms with E-state index in [0.717, 1.165) is 19.4 Å². The Hall–Kier alpha value is -0.220. The summed E-state index contributed by atoms with van der Waals surface area (Å²) in [6.45, 7) is 5.09. The van der Waals surface area contributed by atoms with Crippen molar-refractivity contribution in [1.82, 2.24) is 10.2 Å². The highest BCUT2D eigenvalue weighted by Gasteiger charge is 2.31. The molecule has 0 aromatic rings. The summed E-state index contributed by atoms with van der Waals surface area (Å²) in [6, 6.07) is 0.641. The van der Waals surface area contributed by atoms with Gasteiger partial charge in [-0.3, -0.25) is 4.90 Å². The molecule has 4 heteroatoms. The van der Waals surface area contributed by atoms with Gasteiger partial charge in [-0.05, 0) is 38.8 Å². The Labute approximate surface area is 97.4 Å². The van der Waals surface area contributed by atoms with Crippen LogP contribution in [0.2, 0.25) is 0 Å². The van der Waals surface area contributed by atoms with Crippen molar-refractivity contribution in [1.29, 1.82) is 0 Å². The van der Waals surface area contributed by atoms with E-state index in [0.29, 0.717) is 12.0 Å². The SMILES string of the molecule is CCNC1CCC(C)CC1N(C)CC(F)F. The Morgan fingerprint density at radius 3 is 2.62 bits per heavy atom. The second kappa shape index (κ2) is 6.50. The fourth-order valence-electron chi connectivity index (χ4n) is 2.69. The molecular weight excluding hydrogens is 210 g/mol. The van der Waals surface area contributed by atoms with Crippen molar-refractivity contribution in [2.24, 2.45) is 5.92 Å². The van der Waals surface area contributed by atoms with E-state index in [1.54, 1.807) is 0 Å². The summed E-state index contributed by atoms with van der Waals surface area (Å²) in [5.41, 5.74) is 0. The van der Waals surface area contributed by atoms with E-state index >= 15 is 0 Å². The lowest BCUT2D eigenvalue weighted by Crippen LogP contribution is -2.52. The molecule has 96 valence electrons. The Balaban J connectivity index is 2.55. The van der Waals surface area contributed by atoms with E-state index < -0.39 is 6.43 Å². The summed E-state index contributed by atoms with van der Waals surface area (Å²) in [7, 11) is 1.82. The molecule has 0 saturated heterocycles. The van der Waals surface area contributed by atoms with Gasteiger partial charge in [0.25, 0.3) is 6.43 Å². The van der Waals surface area contributed by atoms with E-state index in [9.17, 15) is 8.78 Å². The van der Waals surface area contributed by atoms with Gasteiger partial charge in [0.1, 0.15) is 0 Å². The first-order valence-corrected chi connectivity index (χ1v) is 6.26. The first kappa shape index (κ1) is 13.8. The van der Waals surface area contributed by atoms with E-state index in [1.807, 2.05) is 11.9 Å². The summed E-state index contributed by atoms with van der Waals surface area (Å²) >= 11 is 0. The molecule has 3 unspecified atom stereocenters. The predicted molar refractivity (Wildman–Crippen MR) is 62.9 cm³/mol. The van der Waals surface area contributed by atoms with Crippen molar-refractivity contribution in [2.45, 2.75) is 51.6 Å². The van der Waals surface area contributed by atoms with Crippen LogP contribution in [0.1, 0.15) is 33.1 Å². The number of nitrogens with one attached hydrogen (secondary N) is 1. The smallest absolute Gasteiger partial charge is 0.251 e. The molecule has 0 spiro atoms. The number of halogens is 2. The molecule has 1 rings (SSSR count). The van der Waals surface area contributed by atoms with Crippen molar-refractivity contribution in [3.8, 4) is 0 Å². The third-order valence-corrected chi connectivity index (χ3v) is 3.54. The molecule has 1 fully saturated rings. The van der Waals surface area contributed by atoms with Crippen LogP contribution in [0.4, 0.5) is 8.78 Å². The zero-order valence-electron chi connectivity index (χ0n) is 10.5. The molecule has 1 aliphatic carbocycles. The molecule has 0 bridgehead atoms. The second-order valence-corrected chi connectivity index (χ2v) is 4.98. The number of hydrogen-bond donors (Lipinski definition) is 1. The summed E-state index contributed by atoms with van der Waals surface area (Å²) < 4.78 is 24.8. The lowest BCUT2D eigenvalue weighted by atomic mass is 9.82. The second-order valence-electron chi connectivity index (χ2n) is 4.98. The monoisotopic (exact) mass is 234 g/mol. The van der Waals surface area contributed by atoms with Crippen molar-refractivity contribution >= 4 is 0 Å². The summed E-state index contributed by atoms with van der Waals surface area (Å²) in [4.78, 5) is 1.83. The maximum Gasteiger partial charge on any atom is 0.251 e. The molecule has 1 aliphatic rings. The average Bonchev–Trinajstić information content (AvgIpc) is 2.20. The van der Waals surface area contributed by atoms with Gasteiger partial charge in [-0.1, -0.05) is 13.8 Å². The number of rotatable bonds is 5. The van der Waals surface area contributed by atoms with Crippen LogP contribution in [0.25, 0.3) is 0 Å². The molecule has 16 heavy (non-hydrogen) atoms. The molecule has 0 heterocycles. The van der Waals surface area contributed by atoms with E-state index in [4.69, 9.17) is 0 Å². The Morgan fingerprint density at radius 1 is 1.38 bits per heavy atom. The molecule has 1 saturated carbocycles. The fourth-order valence-corrected chi connectivity index (χ4v) is 2.69. The van der Waals surface area contributed by atoms with Gasteiger partial charge in [0.15, 0.2) is 0 Å². The van der Waals surface area contributed by atoms with E-state index in [2.05, 4.69) is 19.2 Å². The molecular formula is C12H24F2N2. The molecule has 2 nitrogen and oxygen atoms in total. The largest absolute Gasteiger partial charge is 0.313 e. The number of likely N-dealkylation sites (N-methyl/N-ethyl adjacent to an activating group) is 2. The van der Waals surface area contributed by atoms with Gasteiger partial charge in [-0.15, -0.1) is 0 Å². The van der Waals surface area contributed by atoms with Crippen molar-refractivity contribution < 1.29 is 8.78 Å². The summed E-state index contributed by atoms with van der Waals surface area (Å²) in [5.74, 6) is 0.653. The number of nitrogens with zero attached hydrogens (tertiary/aromatic N) is 1. The van der Waals surface area contributed by atoms with Crippen molar-refractivity contribution in [3.05, 3.63) is 0 Å². The molecule has 3 atom stereocenters. The van der Waals surface area contributed by atoms with Gasteiger partial charge in [-0.2, -0.15) is 0 Å². The van der Waals surface area contributed by atoms with Crippen LogP contribution in [-0.4, -0.2) is 43.5 Å². The molecule has 0 radical (unpaired) electrons. The first-order valence-electron chi connectivity index (χ1n) is 6.26. The molecule has 0 amide bonds. The van der Waals surface area contributed by atoms with Crippen molar-refractivity contribution in [3.63, 3.8) is 0 Å². The van der Waals surface area contributed by atoms with Crippen LogP contribution in [0, 0.1) is 5.92 Å². The number of hydrogen-bond acceptors (Lipinski definition) is 2. The van der Waals surface area contributed by atoms with E-state index in [-0.39, 0.29) is 12.6 Å². The lowest BCUT2D eigenvalue weighted by Gasteiger charge is -2.40. The minimum atomic E-state index is -2.23. The minimum Gasteiger partial charge on any atom is -0.313 e. The topological polar surface area (TPSA) is 15.3 Å². The van der Waals surface area contributed by atoms with Crippen LogP contribution in [-0.2, 0) is 0 Å². The summed E-state index contributed by atoms with van der Waals surface area (Å²) in [5, 5.41) is 3.42. The molecule has 0 aromatic heterocycles. The zero-order valence-corrected chi connectivity index (χ0v) is 10.5. The Morgan fingerprint density at radius 2 is 2.06 bits per heavy atom. The Kier molecular flexibility index (Phi) is 5.62. The van der Waals surface area contributed by atoms with Crippen LogP contribution < -0.4 is 5.32 Å². The predicted octanol–water partition coefficient (Wildman–Crippen LogP) is 2.35. The van der Waals surface area contributed by atoms with Crippen LogP contribution >= 0.6 is 0 Å². The fraction of sp³-hybridized carbons (Fsp3) is 1.00. The third-order valence-electron chi connectivity index (χ3n) is 3.54. The van der Waals surface area contributed by atoms with Crippen molar-refractivity contribution in [2.75, 3.05) is 20.1 Å². The van der Waals surface area contributed by atoms with Gasteiger partial charge >= 0.3 is 0 Å². The Bertz CT molecular complexity index is 199. The third kappa shape index (κ3) is 3.98. The zero-order chi connectivity index (χ0) is 12.1. The van der Waals surface area contributed by atoms with Gasteiger partial charge < -0.3 is 5.32 Å². The van der Waals surface area contributed by atoms with Crippen LogP contribution in [0.3, 0.4) is 0 Å². The standard InChI is InChI=1S/C12H24F2N2/c1-4-15-10-6-5-9(2)7-11(10)16(3)8-12(13)14/h9-12,15H,4-8H2,1-3H3.